The molecule has 5 nitrogen and oxygen atoms in total. The molecule has 0 fully saturated rings. The molecule has 2 N–H and O–H groups in total. The highest BCUT2D eigenvalue weighted by atomic mass is 35.5. The van der Waals surface area contributed by atoms with E-state index in [0.29, 0.717) is 22.8 Å². The van der Waals surface area contributed by atoms with E-state index in [0.717, 1.165) is 0 Å². The van der Waals surface area contributed by atoms with Crippen LogP contribution in [0, 0.1) is 0 Å². The van der Waals surface area contributed by atoms with Crippen LogP contribution in [0.5, 0.6) is 0 Å². The zero-order chi connectivity index (χ0) is 15.4. The van der Waals surface area contributed by atoms with Crippen molar-refractivity contribution in [3.05, 3.63) is 46.3 Å². The summed E-state index contributed by atoms with van der Waals surface area (Å²) in [6, 6.07) is 6.26. The largest absolute Gasteiger partial charge is 0.452 e. The third-order valence-electron chi connectivity index (χ3n) is 2.68. The standard InChI is InChI=1S/C14H12Cl2N2O3/c1-2-12(19)17-8-3-4-10(15)11(7-8)18-14(20)9-5-6-21-13(9)16/h3-7H,2H2,1H3,(H,17,19)(H,18,20). The number of benzene rings is 1. The summed E-state index contributed by atoms with van der Waals surface area (Å²) >= 11 is 11.8. The van der Waals surface area contributed by atoms with E-state index in [-0.39, 0.29) is 16.7 Å². The van der Waals surface area contributed by atoms with Crippen molar-refractivity contribution in [2.75, 3.05) is 10.6 Å². The van der Waals surface area contributed by atoms with Crippen molar-refractivity contribution in [2.24, 2.45) is 0 Å². The molecule has 2 amide bonds. The zero-order valence-corrected chi connectivity index (χ0v) is 12.6. The van der Waals surface area contributed by atoms with Gasteiger partial charge in [-0.25, -0.2) is 0 Å². The van der Waals surface area contributed by atoms with Crippen molar-refractivity contribution in [3.8, 4) is 0 Å². The summed E-state index contributed by atoms with van der Waals surface area (Å²) in [5.41, 5.74) is 1.11. The van der Waals surface area contributed by atoms with Crippen LogP contribution in [-0.4, -0.2) is 11.8 Å². The molecule has 1 aromatic carbocycles. The highest BCUT2D eigenvalue weighted by Crippen LogP contribution is 2.27. The van der Waals surface area contributed by atoms with Gasteiger partial charge in [0.15, 0.2) is 0 Å². The SMILES string of the molecule is CCC(=O)Nc1ccc(Cl)c(NC(=O)c2ccoc2Cl)c1. The van der Waals surface area contributed by atoms with E-state index in [4.69, 9.17) is 27.6 Å². The number of carbonyl (C=O) groups excluding carboxylic acids is 2. The second-order valence-corrected chi connectivity index (χ2v) is 4.91. The van der Waals surface area contributed by atoms with Gasteiger partial charge < -0.3 is 15.1 Å². The molecule has 21 heavy (non-hydrogen) atoms. The molecule has 0 atom stereocenters. The van der Waals surface area contributed by atoms with E-state index in [1.807, 2.05) is 0 Å². The number of carbonyl (C=O) groups is 2. The molecule has 0 aliphatic rings. The molecule has 0 spiro atoms. The summed E-state index contributed by atoms with van der Waals surface area (Å²) in [5.74, 6) is -0.581. The lowest BCUT2D eigenvalue weighted by molar-refractivity contribution is -0.115. The van der Waals surface area contributed by atoms with E-state index < -0.39 is 5.91 Å². The van der Waals surface area contributed by atoms with Crippen LogP contribution in [0.2, 0.25) is 10.2 Å². The molecule has 2 aromatic rings. The summed E-state index contributed by atoms with van der Waals surface area (Å²) < 4.78 is 4.86. The molecule has 0 radical (unpaired) electrons. The Morgan fingerprint density at radius 1 is 1.19 bits per heavy atom. The maximum atomic E-state index is 12.0. The first-order chi connectivity index (χ1) is 10.0. The van der Waals surface area contributed by atoms with Gasteiger partial charge in [0, 0.05) is 12.1 Å². The fourth-order valence-corrected chi connectivity index (χ4v) is 1.96. The highest BCUT2D eigenvalue weighted by Gasteiger charge is 2.15. The Bertz CT molecular complexity index is 683. The Morgan fingerprint density at radius 3 is 2.57 bits per heavy atom. The van der Waals surface area contributed by atoms with Crippen molar-refractivity contribution in [1.82, 2.24) is 0 Å². The first kappa shape index (κ1) is 15.4. The number of hydrogen-bond acceptors (Lipinski definition) is 3. The van der Waals surface area contributed by atoms with Crippen molar-refractivity contribution in [3.63, 3.8) is 0 Å². The first-order valence-electron chi connectivity index (χ1n) is 6.15. The number of hydrogen-bond donors (Lipinski definition) is 2. The molecule has 1 heterocycles. The second kappa shape index (κ2) is 6.65. The van der Waals surface area contributed by atoms with Crippen molar-refractivity contribution in [1.29, 1.82) is 0 Å². The smallest absolute Gasteiger partial charge is 0.260 e. The maximum Gasteiger partial charge on any atom is 0.260 e. The summed E-state index contributed by atoms with van der Waals surface area (Å²) in [6.07, 6.45) is 1.67. The molecule has 0 unspecified atom stereocenters. The second-order valence-electron chi connectivity index (χ2n) is 4.16. The van der Waals surface area contributed by atoms with Crippen LogP contribution in [0.25, 0.3) is 0 Å². The van der Waals surface area contributed by atoms with Crippen LogP contribution in [0.15, 0.2) is 34.9 Å². The van der Waals surface area contributed by atoms with Gasteiger partial charge in [0.05, 0.1) is 22.5 Å². The number of halogens is 2. The van der Waals surface area contributed by atoms with E-state index in [1.165, 1.54) is 12.3 Å². The van der Waals surface area contributed by atoms with E-state index in [2.05, 4.69) is 10.6 Å². The van der Waals surface area contributed by atoms with Crippen molar-refractivity contribution in [2.45, 2.75) is 13.3 Å². The number of furan rings is 1. The van der Waals surface area contributed by atoms with E-state index in [1.54, 1.807) is 25.1 Å². The Hall–Kier alpha value is -1.98. The van der Waals surface area contributed by atoms with Crippen LogP contribution in [-0.2, 0) is 4.79 Å². The third kappa shape index (κ3) is 3.77. The van der Waals surface area contributed by atoms with Gasteiger partial charge in [-0.15, -0.1) is 0 Å². The Labute approximate surface area is 131 Å². The van der Waals surface area contributed by atoms with Crippen LogP contribution < -0.4 is 10.6 Å². The zero-order valence-electron chi connectivity index (χ0n) is 11.1. The molecule has 2 rings (SSSR count). The van der Waals surface area contributed by atoms with Gasteiger partial charge in [0.1, 0.15) is 0 Å². The normalized spacial score (nSPS) is 10.2. The molecule has 0 saturated carbocycles. The number of anilines is 2. The van der Waals surface area contributed by atoms with Crippen molar-refractivity contribution >= 4 is 46.4 Å². The van der Waals surface area contributed by atoms with Gasteiger partial charge in [0.25, 0.3) is 5.91 Å². The minimum atomic E-state index is -0.449. The predicted molar refractivity (Wildman–Crippen MR) is 82.0 cm³/mol. The summed E-state index contributed by atoms with van der Waals surface area (Å²) in [6.45, 7) is 1.74. The molecule has 0 aliphatic heterocycles. The highest BCUT2D eigenvalue weighted by molar-refractivity contribution is 6.35. The quantitative estimate of drug-likeness (QED) is 0.884. The first-order valence-corrected chi connectivity index (χ1v) is 6.90. The lowest BCUT2D eigenvalue weighted by atomic mass is 10.2. The van der Waals surface area contributed by atoms with Gasteiger partial charge in [0.2, 0.25) is 11.1 Å². The van der Waals surface area contributed by atoms with Crippen molar-refractivity contribution < 1.29 is 14.0 Å². The minimum Gasteiger partial charge on any atom is -0.452 e. The number of nitrogens with one attached hydrogen (secondary N) is 2. The molecule has 0 aliphatic carbocycles. The Morgan fingerprint density at radius 2 is 1.95 bits per heavy atom. The number of amides is 2. The number of rotatable bonds is 4. The third-order valence-corrected chi connectivity index (χ3v) is 3.30. The van der Waals surface area contributed by atoms with Gasteiger partial charge in [-0.2, -0.15) is 0 Å². The monoisotopic (exact) mass is 326 g/mol. The molecule has 0 bridgehead atoms. The molecule has 110 valence electrons. The Balaban J connectivity index is 2.19. The summed E-state index contributed by atoms with van der Waals surface area (Å²) in [4.78, 5) is 23.4. The van der Waals surface area contributed by atoms with Crippen LogP contribution >= 0.6 is 23.2 Å². The average molecular weight is 327 g/mol. The van der Waals surface area contributed by atoms with Gasteiger partial charge in [-0.3, -0.25) is 9.59 Å². The molecule has 1 aromatic heterocycles. The average Bonchev–Trinajstić information content (AvgIpc) is 2.88. The van der Waals surface area contributed by atoms with E-state index in [9.17, 15) is 9.59 Å². The van der Waals surface area contributed by atoms with Crippen LogP contribution in [0.1, 0.15) is 23.7 Å². The van der Waals surface area contributed by atoms with Crippen LogP contribution in [0.4, 0.5) is 11.4 Å². The fourth-order valence-electron chi connectivity index (χ4n) is 1.59. The van der Waals surface area contributed by atoms with Gasteiger partial charge in [-0.05, 0) is 35.9 Å². The summed E-state index contributed by atoms with van der Waals surface area (Å²) in [7, 11) is 0. The fraction of sp³-hybridized carbons (Fsp3) is 0.143. The maximum absolute atomic E-state index is 12.0. The van der Waals surface area contributed by atoms with Crippen LogP contribution in [0.3, 0.4) is 0 Å². The summed E-state index contributed by atoms with van der Waals surface area (Å²) in [5, 5.41) is 5.65. The Kier molecular flexibility index (Phi) is 4.88. The molecule has 0 saturated heterocycles. The predicted octanol–water partition coefficient (Wildman–Crippen LogP) is 4.19. The van der Waals surface area contributed by atoms with Gasteiger partial charge in [-0.1, -0.05) is 18.5 Å². The van der Waals surface area contributed by atoms with Gasteiger partial charge >= 0.3 is 0 Å². The topological polar surface area (TPSA) is 71.3 Å². The molecular formula is C14H12Cl2N2O3. The molecular weight excluding hydrogens is 315 g/mol. The lowest BCUT2D eigenvalue weighted by Gasteiger charge is -2.10. The van der Waals surface area contributed by atoms with E-state index >= 15 is 0 Å². The minimum absolute atomic E-state index is 0.000868. The molecule has 7 heteroatoms. The lowest BCUT2D eigenvalue weighted by Crippen LogP contribution is -2.13.